The van der Waals surface area contributed by atoms with Crippen molar-refractivity contribution in [1.82, 2.24) is 0 Å². The fraction of sp³-hybridized carbons (Fsp3) is 0.800. The monoisotopic (exact) mass is 193 g/mol. The second-order valence-corrected chi connectivity index (χ2v) is 7.95. The third-order valence-electron chi connectivity index (χ3n) is 0.917. The zero-order chi connectivity index (χ0) is 7.23. The quantitative estimate of drug-likeness (QED) is 0.631. The molecule has 0 unspecified atom stereocenters. The van der Waals surface area contributed by atoms with Gasteiger partial charge in [-0.2, -0.15) is 5.26 Å². The highest BCUT2D eigenvalue weighted by molar-refractivity contribution is 8.87. The van der Waals surface area contributed by atoms with Crippen molar-refractivity contribution in [3.05, 3.63) is 0 Å². The van der Waals surface area contributed by atoms with Crippen molar-refractivity contribution < 1.29 is 4.52 Å². The molecule has 0 amide bonds. The van der Waals surface area contributed by atoms with Crippen molar-refractivity contribution >= 4 is 29.3 Å². The van der Waals surface area contributed by atoms with Crippen LogP contribution in [0.5, 0.6) is 0 Å². The Morgan fingerprint density at radius 2 is 2.20 bits per heavy atom. The highest BCUT2D eigenvalue weighted by atomic mass is 33.1. The molecular weight excluding hydrogens is 185 g/mol. The van der Waals surface area contributed by atoms with Gasteiger partial charge >= 0.3 is 0 Å². The van der Waals surface area contributed by atoms with E-state index in [0.717, 1.165) is 0 Å². The predicted octanol–water partition coefficient (Wildman–Crippen LogP) is 2.62. The van der Waals surface area contributed by atoms with Crippen LogP contribution in [-0.2, 0) is 4.52 Å². The van der Waals surface area contributed by atoms with Crippen LogP contribution in [0.15, 0.2) is 0 Å². The van der Waals surface area contributed by atoms with Crippen LogP contribution in [0.1, 0.15) is 6.42 Å². The average molecular weight is 193 g/mol. The molecule has 0 N–H and O–H groups in total. The predicted molar refractivity (Wildman–Crippen MR) is 48.0 cm³/mol. The SMILES string of the molecule is N#CCOP1SCCCS1. The first-order chi connectivity index (χ1) is 4.93. The van der Waals surface area contributed by atoms with E-state index in [2.05, 4.69) is 0 Å². The first-order valence-electron chi connectivity index (χ1n) is 2.99. The van der Waals surface area contributed by atoms with Crippen molar-refractivity contribution in [2.24, 2.45) is 0 Å². The molecule has 1 fully saturated rings. The largest absolute Gasteiger partial charge is 0.324 e. The fourth-order valence-electron chi connectivity index (χ4n) is 0.530. The van der Waals surface area contributed by atoms with E-state index in [4.69, 9.17) is 9.79 Å². The van der Waals surface area contributed by atoms with E-state index in [0.29, 0.717) is 0 Å². The molecule has 0 spiro atoms. The minimum atomic E-state index is -0.367. The molecule has 0 saturated carbocycles. The Bertz CT molecular complexity index is 132. The van der Waals surface area contributed by atoms with Crippen molar-refractivity contribution in [2.75, 3.05) is 18.1 Å². The molecule has 0 radical (unpaired) electrons. The van der Waals surface area contributed by atoms with Gasteiger partial charge in [0.1, 0.15) is 6.61 Å². The zero-order valence-corrected chi connectivity index (χ0v) is 7.98. The van der Waals surface area contributed by atoms with Crippen LogP contribution in [0.4, 0.5) is 0 Å². The first kappa shape index (κ1) is 8.67. The third kappa shape index (κ3) is 3.12. The summed E-state index contributed by atoms with van der Waals surface area (Å²) in [5.74, 6) is 2.40. The molecule has 0 bridgehead atoms. The van der Waals surface area contributed by atoms with Crippen LogP contribution in [0, 0.1) is 11.3 Å². The van der Waals surface area contributed by atoms with Gasteiger partial charge in [0, 0.05) is 11.5 Å². The highest BCUT2D eigenvalue weighted by Gasteiger charge is 2.14. The lowest BCUT2D eigenvalue weighted by Gasteiger charge is -2.18. The molecule has 1 heterocycles. The Kier molecular flexibility index (Phi) is 4.56. The smallest absolute Gasteiger partial charge is 0.152 e. The van der Waals surface area contributed by atoms with Gasteiger partial charge in [0.05, 0.1) is 6.07 Å². The van der Waals surface area contributed by atoms with E-state index in [1.807, 2.05) is 28.8 Å². The summed E-state index contributed by atoms with van der Waals surface area (Å²) in [5.41, 5.74) is 0. The maximum atomic E-state index is 8.21. The molecule has 0 aromatic carbocycles. The summed E-state index contributed by atoms with van der Waals surface area (Å²) in [6.07, 6.45) is 1.28. The average Bonchev–Trinajstić information content (AvgIpc) is 2.03. The van der Waals surface area contributed by atoms with Crippen molar-refractivity contribution in [3.63, 3.8) is 0 Å². The molecule has 0 aromatic heterocycles. The molecule has 2 nitrogen and oxygen atoms in total. The van der Waals surface area contributed by atoms with E-state index in [-0.39, 0.29) is 13.2 Å². The minimum Gasteiger partial charge on any atom is -0.324 e. The standard InChI is InChI=1S/C5H8NOPS2/c6-2-3-7-8-9-4-1-5-10-8/h1,3-5H2. The maximum Gasteiger partial charge on any atom is 0.152 e. The maximum absolute atomic E-state index is 8.21. The van der Waals surface area contributed by atoms with E-state index >= 15 is 0 Å². The summed E-state index contributed by atoms with van der Waals surface area (Å²) < 4.78 is 5.26. The van der Waals surface area contributed by atoms with Crippen molar-refractivity contribution in [2.45, 2.75) is 6.42 Å². The number of hydrogen-bond acceptors (Lipinski definition) is 4. The Labute approximate surface area is 70.0 Å². The Hall–Kier alpha value is 0.580. The molecule has 1 rings (SSSR count). The number of rotatable bonds is 2. The topological polar surface area (TPSA) is 33.0 Å². The van der Waals surface area contributed by atoms with E-state index in [1.54, 1.807) is 0 Å². The van der Waals surface area contributed by atoms with Crippen molar-refractivity contribution in [3.8, 4) is 6.07 Å². The second-order valence-electron chi connectivity index (χ2n) is 1.68. The first-order valence-corrected chi connectivity index (χ1v) is 7.43. The Balaban J connectivity index is 2.09. The summed E-state index contributed by atoms with van der Waals surface area (Å²) in [5, 5.41) is 8.21. The fourth-order valence-corrected chi connectivity index (χ4v) is 6.61. The Morgan fingerprint density at radius 3 is 2.80 bits per heavy atom. The summed E-state index contributed by atoms with van der Waals surface area (Å²) in [4.78, 5) is 0. The van der Waals surface area contributed by atoms with E-state index in [9.17, 15) is 0 Å². The molecule has 0 aromatic rings. The van der Waals surface area contributed by atoms with Crippen LogP contribution >= 0.6 is 29.3 Å². The summed E-state index contributed by atoms with van der Waals surface area (Å²) in [6.45, 7) is -0.111. The van der Waals surface area contributed by atoms with Gasteiger partial charge in [-0.3, -0.25) is 0 Å². The zero-order valence-electron chi connectivity index (χ0n) is 5.45. The van der Waals surface area contributed by atoms with Gasteiger partial charge in [0.2, 0.25) is 0 Å². The van der Waals surface area contributed by atoms with E-state index in [1.165, 1.54) is 17.9 Å². The number of nitriles is 1. The van der Waals surface area contributed by atoms with Crippen LogP contribution in [0.3, 0.4) is 0 Å². The lowest BCUT2D eigenvalue weighted by atomic mass is 10.6. The van der Waals surface area contributed by atoms with Crippen LogP contribution in [0.25, 0.3) is 0 Å². The number of nitrogens with zero attached hydrogens (tertiary/aromatic N) is 1. The molecule has 5 heteroatoms. The van der Waals surface area contributed by atoms with Crippen LogP contribution < -0.4 is 0 Å². The van der Waals surface area contributed by atoms with Gasteiger partial charge in [-0.15, -0.1) is 0 Å². The molecule has 56 valence electrons. The molecule has 0 atom stereocenters. The molecule has 1 aliphatic rings. The Morgan fingerprint density at radius 1 is 1.50 bits per heavy atom. The normalized spacial score (nSPS) is 20.3. The number of hydrogen-bond donors (Lipinski definition) is 0. The molecule has 10 heavy (non-hydrogen) atoms. The van der Waals surface area contributed by atoms with Crippen molar-refractivity contribution in [1.29, 1.82) is 5.26 Å². The molecule has 1 saturated heterocycles. The van der Waals surface area contributed by atoms with Gasteiger partial charge in [-0.1, -0.05) is 22.8 Å². The lowest BCUT2D eigenvalue weighted by Crippen LogP contribution is -1.90. The highest BCUT2D eigenvalue weighted by Crippen LogP contribution is 2.64. The van der Waals surface area contributed by atoms with Gasteiger partial charge in [-0.05, 0) is 6.42 Å². The van der Waals surface area contributed by atoms with E-state index < -0.39 is 0 Å². The molecular formula is C5H8NOPS2. The summed E-state index contributed by atoms with van der Waals surface area (Å²) in [7, 11) is 0. The molecule has 1 aliphatic heterocycles. The summed E-state index contributed by atoms with van der Waals surface area (Å²) >= 11 is 3.72. The van der Waals surface area contributed by atoms with Crippen LogP contribution in [0.2, 0.25) is 0 Å². The lowest BCUT2D eigenvalue weighted by molar-refractivity contribution is 0.427. The van der Waals surface area contributed by atoms with Gasteiger partial charge in [0.25, 0.3) is 0 Å². The second kappa shape index (κ2) is 5.26. The molecule has 0 aliphatic carbocycles. The summed E-state index contributed by atoms with van der Waals surface area (Å²) in [6, 6.07) is 1.98. The van der Waals surface area contributed by atoms with Gasteiger partial charge in [-0.25, -0.2) is 0 Å². The van der Waals surface area contributed by atoms with Gasteiger partial charge in [0.15, 0.2) is 6.55 Å². The van der Waals surface area contributed by atoms with Crippen LogP contribution in [-0.4, -0.2) is 18.1 Å². The van der Waals surface area contributed by atoms with Gasteiger partial charge < -0.3 is 4.52 Å². The minimum absolute atomic E-state index is 0.256. The third-order valence-corrected chi connectivity index (χ3v) is 7.51.